The molecule has 2 rings (SSSR count). The number of hydrogen-bond acceptors (Lipinski definition) is 4. The summed E-state index contributed by atoms with van der Waals surface area (Å²) in [5.74, 6) is 0.545. The molecular formula is C15H23BrN2O3S. The zero-order valence-corrected chi connectivity index (χ0v) is 15.4. The molecule has 1 heterocycles. The second kappa shape index (κ2) is 7.77. The van der Waals surface area contributed by atoms with E-state index in [-0.39, 0.29) is 10.9 Å². The first-order valence-electron chi connectivity index (χ1n) is 7.56. The van der Waals surface area contributed by atoms with Crippen LogP contribution in [-0.2, 0) is 10.0 Å². The van der Waals surface area contributed by atoms with Crippen LogP contribution in [0.3, 0.4) is 0 Å². The van der Waals surface area contributed by atoms with Crippen LogP contribution in [0.4, 0.5) is 0 Å². The summed E-state index contributed by atoms with van der Waals surface area (Å²) < 4.78 is 33.7. The molecule has 1 aliphatic heterocycles. The number of halogens is 1. The Labute approximate surface area is 141 Å². The molecule has 1 fully saturated rings. The molecule has 5 nitrogen and oxygen atoms in total. The molecule has 0 amide bonds. The zero-order valence-electron chi connectivity index (χ0n) is 13.0. The molecule has 124 valence electrons. The number of piperidine rings is 1. The van der Waals surface area contributed by atoms with Gasteiger partial charge in [-0.15, -0.1) is 0 Å². The average molecular weight is 391 g/mol. The van der Waals surface area contributed by atoms with Crippen LogP contribution in [0.25, 0.3) is 0 Å². The Bertz CT molecular complexity index is 601. The summed E-state index contributed by atoms with van der Waals surface area (Å²) in [6.07, 6.45) is 2.49. The maximum Gasteiger partial charge on any atom is 0.244 e. The molecule has 0 unspecified atom stereocenters. The molecule has 1 aliphatic rings. The number of nitrogens with zero attached hydrogens (tertiary/aromatic N) is 1. The minimum Gasteiger partial charge on any atom is -0.497 e. The van der Waals surface area contributed by atoms with Crippen LogP contribution in [0, 0.1) is 0 Å². The van der Waals surface area contributed by atoms with Crippen LogP contribution in [0.15, 0.2) is 27.6 Å². The molecule has 7 heteroatoms. The second-order valence-corrected chi connectivity index (χ2v) is 8.11. The molecular weight excluding hydrogens is 368 g/mol. The van der Waals surface area contributed by atoms with Gasteiger partial charge in [0.15, 0.2) is 0 Å². The Morgan fingerprint density at radius 2 is 2.05 bits per heavy atom. The van der Waals surface area contributed by atoms with E-state index in [1.807, 2.05) is 6.92 Å². The second-order valence-electron chi connectivity index (χ2n) is 5.39. The first kappa shape index (κ1) is 17.7. The summed E-state index contributed by atoms with van der Waals surface area (Å²) in [6.45, 7) is 4.26. The van der Waals surface area contributed by atoms with Crippen molar-refractivity contribution in [1.82, 2.24) is 9.62 Å². The summed E-state index contributed by atoms with van der Waals surface area (Å²) in [4.78, 5) is 0.277. The van der Waals surface area contributed by atoms with Crippen LogP contribution in [-0.4, -0.2) is 45.5 Å². The van der Waals surface area contributed by atoms with E-state index < -0.39 is 10.0 Å². The molecule has 1 aromatic carbocycles. The monoisotopic (exact) mass is 390 g/mol. The average Bonchev–Trinajstić information content (AvgIpc) is 2.53. The summed E-state index contributed by atoms with van der Waals surface area (Å²) in [7, 11) is -2.01. The standard InChI is InChI=1S/C15H23BrN2O3S/c1-3-10-18(12-6-8-17-9-7-12)22(19,20)15-11-13(21-2)4-5-14(15)16/h4-5,11-12,17H,3,6-10H2,1-2H3. The number of nitrogens with one attached hydrogen (secondary N) is 1. The van der Waals surface area contributed by atoms with E-state index in [1.54, 1.807) is 22.5 Å². The van der Waals surface area contributed by atoms with E-state index in [2.05, 4.69) is 21.2 Å². The van der Waals surface area contributed by atoms with Crippen molar-refractivity contribution < 1.29 is 13.2 Å². The van der Waals surface area contributed by atoms with Crippen molar-refractivity contribution in [2.24, 2.45) is 0 Å². The molecule has 0 saturated carbocycles. The van der Waals surface area contributed by atoms with Gasteiger partial charge in [0.1, 0.15) is 10.6 Å². The molecule has 1 saturated heterocycles. The molecule has 1 N–H and O–H groups in total. The van der Waals surface area contributed by atoms with Gasteiger partial charge in [-0.1, -0.05) is 6.92 Å². The van der Waals surface area contributed by atoms with Crippen molar-refractivity contribution in [2.75, 3.05) is 26.7 Å². The van der Waals surface area contributed by atoms with E-state index in [1.165, 1.54) is 7.11 Å². The lowest BCUT2D eigenvalue weighted by Gasteiger charge is -2.33. The number of ether oxygens (including phenoxy) is 1. The van der Waals surface area contributed by atoms with Crippen molar-refractivity contribution in [1.29, 1.82) is 0 Å². The van der Waals surface area contributed by atoms with Crippen LogP contribution >= 0.6 is 15.9 Å². The summed E-state index contributed by atoms with van der Waals surface area (Å²) >= 11 is 3.37. The number of hydrogen-bond donors (Lipinski definition) is 1. The number of benzene rings is 1. The predicted octanol–water partition coefficient (Wildman–Crippen LogP) is 2.61. The highest BCUT2D eigenvalue weighted by atomic mass is 79.9. The summed E-state index contributed by atoms with van der Waals surface area (Å²) in [6, 6.07) is 5.11. The first-order chi connectivity index (χ1) is 10.5. The molecule has 0 bridgehead atoms. The van der Waals surface area contributed by atoms with Crippen molar-refractivity contribution in [3.63, 3.8) is 0 Å². The molecule has 0 aromatic heterocycles. The van der Waals surface area contributed by atoms with Crippen LogP contribution < -0.4 is 10.1 Å². The number of sulfonamides is 1. The molecule has 0 atom stereocenters. The largest absolute Gasteiger partial charge is 0.497 e. The smallest absolute Gasteiger partial charge is 0.244 e. The maximum absolute atomic E-state index is 13.1. The molecule has 0 aliphatic carbocycles. The SMILES string of the molecule is CCCN(C1CCNCC1)S(=O)(=O)c1cc(OC)ccc1Br. The highest BCUT2D eigenvalue weighted by Gasteiger charge is 2.33. The van der Waals surface area contributed by atoms with Gasteiger partial charge in [0.05, 0.1) is 7.11 Å². The highest BCUT2D eigenvalue weighted by molar-refractivity contribution is 9.10. The highest BCUT2D eigenvalue weighted by Crippen LogP contribution is 2.31. The van der Waals surface area contributed by atoms with Gasteiger partial charge in [-0.2, -0.15) is 4.31 Å². The van der Waals surface area contributed by atoms with Crippen molar-refractivity contribution in [3.05, 3.63) is 22.7 Å². The fraction of sp³-hybridized carbons (Fsp3) is 0.600. The van der Waals surface area contributed by atoms with Crippen molar-refractivity contribution in [3.8, 4) is 5.75 Å². The van der Waals surface area contributed by atoms with E-state index in [0.717, 1.165) is 32.4 Å². The third kappa shape index (κ3) is 3.82. The number of methoxy groups -OCH3 is 1. The molecule has 22 heavy (non-hydrogen) atoms. The van der Waals surface area contributed by atoms with Crippen LogP contribution in [0.1, 0.15) is 26.2 Å². The Kier molecular flexibility index (Phi) is 6.26. The topological polar surface area (TPSA) is 58.6 Å². The van der Waals surface area contributed by atoms with E-state index in [0.29, 0.717) is 16.8 Å². The zero-order chi connectivity index (χ0) is 16.2. The van der Waals surface area contributed by atoms with E-state index in [9.17, 15) is 8.42 Å². The third-order valence-electron chi connectivity index (χ3n) is 3.88. The maximum atomic E-state index is 13.1. The lowest BCUT2D eigenvalue weighted by Crippen LogP contribution is -2.46. The van der Waals surface area contributed by atoms with Gasteiger partial charge < -0.3 is 10.1 Å². The van der Waals surface area contributed by atoms with Crippen molar-refractivity contribution >= 4 is 26.0 Å². The minimum absolute atomic E-state index is 0.0595. The van der Waals surface area contributed by atoms with Crippen molar-refractivity contribution in [2.45, 2.75) is 37.1 Å². The summed E-state index contributed by atoms with van der Waals surface area (Å²) in [5, 5.41) is 3.28. The van der Waals surface area contributed by atoms with Gasteiger partial charge >= 0.3 is 0 Å². The van der Waals surface area contributed by atoms with Gasteiger partial charge in [-0.3, -0.25) is 0 Å². The Morgan fingerprint density at radius 1 is 1.36 bits per heavy atom. The lowest BCUT2D eigenvalue weighted by atomic mass is 10.1. The van der Waals surface area contributed by atoms with Gasteiger partial charge in [0.25, 0.3) is 0 Å². The molecule has 0 spiro atoms. The van der Waals surface area contributed by atoms with Gasteiger partial charge in [-0.05, 0) is 60.4 Å². The Balaban J connectivity index is 2.40. The Morgan fingerprint density at radius 3 is 2.64 bits per heavy atom. The first-order valence-corrected chi connectivity index (χ1v) is 9.80. The van der Waals surface area contributed by atoms with E-state index >= 15 is 0 Å². The van der Waals surface area contributed by atoms with E-state index in [4.69, 9.17) is 4.74 Å². The number of rotatable bonds is 6. The molecule has 1 aromatic rings. The van der Waals surface area contributed by atoms with Crippen LogP contribution in [0.2, 0.25) is 0 Å². The third-order valence-corrected chi connectivity index (χ3v) is 6.83. The molecule has 0 radical (unpaired) electrons. The van der Waals surface area contributed by atoms with Gasteiger partial charge in [-0.25, -0.2) is 8.42 Å². The van der Waals surface area contributed by atoms with Crippen LogP contribution in [0.5, 0.6) is 5.75 Å². The normalized spacial score (nSPS) is 16.9. The van der Waals surface area contributed by atoms with Gasteiger partial charge in [0, 0.05) is 23.1 Å². The Hall–Kier alpha value is -0.630. The lowest BCUT2D eigenvalue weighted by molar-refractivity contribution is 0.262. The van der Waals surface area contributed by atoms with Gasteiger partial charge in [0.2, 0.25) is 10.0 Å². The fourth-order valence-electron chi connectivity index (χ4n) is 2.75. The predicted molar refractivity (Wildman–Crippen MR) is 90.8 cm³/mol. The fourth-order valence-corrected chi connectivity index (χ4v) is 5.47. The minimum atomic E-state index is -3.55. The quantitative estimate of drug-likeness (QED) is 0.810. The summed E-state index contributed by atoms with van der Waals surface area (Å²) in [5.41, 5.74) is 0.